The van der Waals surface area contributed by atoms with Crippen LogP contribution in [0.25, 0.3) is 11.0 Å². The lowest BCUT2D eigenvalue weighted by molar-refractivity contribution is 0.788. The summed E-state index contributed by atoms with van der Waals surface area (Å²) in [5.74, 6) is 0.816. The van der Waals surface area contributed by atoms with Gasteiger partial charge in [-0.05, 0) is 38.4 Å². The van der Waals surface area contributed by atoms with E-state index in [1.165, 1.54) is 0 Å². The van der Waals surface area contributed by atoms with E-state index in [1.807, 2.05) is 26.0 Å². The SMILES string of the molecule is Cc1cc(C)c2c(N)cc(N[C@@H]3CCNC3)nc2n1. The number of hydrogen-bond donors (Lipinski definition) is 3. The molecule has 2 aromatic heterocycles. The standard InChI is InChI=1S/C14H19N5/c1-8-5-9(2)17-14-13(8)11(15)6-12(19-14)18-10-3-4-16-7-10/h5-6,10,16H,3-4,7H2,1-2H3,(H3,15,17,18,19)/t10-/m1/s1. The molecule has 5 nitrogen and oxygen atoms in total. The van der Waals surface area contributed by atoms with Crippen LogP contribution in [0.2, 0.25) is 0 Å². The fraction of sp³-hybridized carbons (Fsp3) is 0.429. The molecule has 1 fully saturated rings. The summed E-state index contributed by atoms with van der Waals surface area (Å²) in [6, 6.07) is 4.37. The number of nitrogen functional groups attached to an aromatic ring is 1. The molecule has 0 amide bonds. The van der Waals surface area contributed by atoms with Gasteiger partial charge in [0.25, 0.3) is 0 Å². The van der Waals surface area contributed by atoms with Gasteiger partial charge in [-0.2, -0.15) is 0 Å². The van der Waals surface area contributed by atoms with E-state index in [4.69, 9.17) is 5.73 Å². The van der Waals surface area contributed by atoms with Gasteiger partial charge in [0.05, 0.1) is 0 Å². The molecule has 0 aromatic carbocycles. The highest BCUT2D eigenvalue weighted by Crippen LogP contribution is 2.25. The molecule has 0 bridgehead atoms. The van der Waals surface area contributed by atoms with Gasteiger partial charge in [-0.1, -0.05) is 0 Å². The van der Waals surface area contributed by atoms with Gasteiger partial charge in [-0.15, -0.1) is 0 Å². The predicted molar refractivity (Wildman–Crippen MR) is 78.3 cm³/mol. The van der Waals surface area contributed by atoms with Crippen molar-refractivity contribution in [3.8, 4) is 0 Å². The lowest BCUT2D eigenvalue weighted by Gasteiger charge is -2.14. The van der Waals surface area contributed by atoms with Crippen LogP contribution in [0.4, 0.5) is 11.5 Å². The molecule has 0 radical (unpaired) electrons. The van der Waals surface area contributed by atoms with Gasteiger partial charge < -0.3 is 16.4 Å². The highest BCUT2D eigenvalue weighted by Gasteiger charge is 2.15. The van der Waals surface area contributed by atoms with Crippen LogP contribution in [0.3, 0.4) is 0 Å². The van der Waals surface area contributed by atoms with Crippen LogP contribution in [0.15, 0.2) is 12.1 Å². The molecule has 0 aliphatic carbocycles. The highest BCUT2D eigenvalue weighted by atomic mass is 15.1. The van der Waals surface area contributed by atoms with E-state index in [1.54, 1.807) is 0 Å². The summed E-state index contributed by atoms with van der Waals surface area (Å²) in [5, 5.41) is 7.70. The Bertz CT molecular complexity index is 617. The second-order valence-corrected chi connectivity index (χ2v) is 5.21. The van der Waals surface area contributed by atoms with E-state index in [0.717, 1.165) is 53.3 Å². The van der Waals surface area contributed by atoms with Crippen molar-refractivity contribution in [3.05, 3.63) is 23.4 Å². The highest BCUT2D eigenvalue weighted by molar-refractivity contribution is 5.92. The average molecular weight is 257 g/mol. The first-order chi connectivity index (χ1) is 9.13. The Morgan fingerprint density at radius 2 is 2.16 bits per heavy atom. The Kier molecular flexibility index (Phi) is 2.98. The monoisotopic (exact) mass is 257 g/mol. The molecular weight excluding hydrogens is 238 g/mol. The number of nitrogens with zero attached hydrogens (tertiary/aromatic N) is 2. The number of aryl methyl sites for hydroxylation is 2. The van der Waals surface area contributed by atoms with E-state index < -0.39 is 0 Å². The van der Waals surface area contributed by atoms with E-state index >= 15 is 0 Å². The Balaban J connectivity index is 2.02. The van der Waals surface area contributed by atoms with E-state index in [0.29, 0.717) is 6.04 Å². The summed E-state index contributed by atoms with van der Waals surface area (Å²) >= 11 is 0. The third-order valence-corrected chi connectivity index (χ3v) is 3.55. The molecule has 0 saturated carbocycles. The van der Waals surface area contributed by atoms with Crippen LogP contribution in [0, 0.1) is 13.8 Å². The van der Waals surface area contributed by atoms with Crippen LogP contribution in [0.1, 0.15) is 17.7 Å². The normalized spacial score (nSPS) is 18.9. The molecule has 19 heavy (non-hydrogen) atoms. The van der Waals surface area contributed by atoms with Crippen LogP contribution in [-0.4, -0.2) is 29.1 Å². The third kappa shape index (κ3) is 2.33. The van der Waals surface area contributed by atoms with Crippen molar-refractivity contribution in [1.82, 2.24) is 15.3 Å². The van der Waals surface area contributed by atoms with Gasteiger partial charge in [0.2, 0.25) is 0 Å². The number of aromatic nitrogens is 2. The maximum atomic E-state index is 6.15. The van der Waals surface area contributed by atoms with E-state index in [9.17, 15) is 0 Å². The molecular formula is C14H19N5. The van der Waals surface area contributed by atoms with Gasteiger partial charge in [0, 0.05) is 35.4 Å². The van der Waals surface area contributed by atoms with Crippen molar-refractivity contribution < 1.29 is 0 Å². The van der Waals surface area contributed by atoms with E-state index in [2.05, 4.69) is 20.6 Å². The lowest BCUT2D eigenvalue weighted by Crippen LogP contribution is -2.22. The minimum absolute atomic E-state index is 0.426. The lowest BCUT2D eigenvalue weighted by atomic mass is 10.1. The Labute approximate surface area is 112 Å². The van der Waals surface area contributed by atoms with Crippen molar-refractivity contribution in [2.24, 2.45) is 0 Å². The smallest absolute Gasteiger partial charge is 0.164 e. The predicted octanol–water partition coefficient (Wildman–Crippen LogP) is 1.60. The summed E-state index contributed by atoms with van der Waals surface area (Å²) in [7, 11) is 0. The van der Waals surface area contributed by atoms with E-state index in [-0.39, 0.29) is 0 Å². The summed E-state index contributed by atoms with van der Waals surface area (Å²) in [6.07, 6.45) is 1.11. The molecule has 1 atom stereocenters. The molecule has 100 valence electrons. The average Bonchev–Trinajstić information content (AvgIpc) is 2.79. The first-order valence-electron chi connectivity index (χ1n) is 6.65. The number of hydrogen-bond acceptors (Lipinski definition) is 5. The largest absolute Gasteiger partial charge is 0.398 e. The maximum absolute atomic E-state index is 6.15. The maximum Gasteiger partial charge on any atom is 0.164 e. The molecule has 0 unspecified atom stereocenters. The zero-order valence-corrected chi connectivity index (χ0v) is 11.3. The summed E-state index contributed by atoms with van der Waals surface area (Å²) in [4.78, 5) is 9.08. The number of pyridine rings is 2. The number of fused-ring (bicyclic) bond motifs is 1. The van der Waals surface area contributed by atoms with Crippen LogP contribution < -0.4 is 16.4 Å². The first kappa shape index (κ1) is 12.2. The Morgan fingerprint density at radius 3 is 2.89 bits per heavy atom. The minimum atomic E-state index is 0.426. The second kappa shape index (κ2) is 4.66. The molecule has 1 aliphatic rings. The fourth-order valence-electron chi connectivity index (χ4n) is 2.68. The molecule has 4 N–H and O–H groups in total. The molecule has 1 saturated heterocycles. The zero-order valence-electron chi connectivity index (χ0n) is 11.3. The number of nitrogens with two attached hydrogens (primary N) is 1. The topological polar surface area (TPSA) is 75.9 Å². The summed E-state index contributed by atoms with van der Waals surface area (Å²) in [6.45, 7) is 6.05. The Hall–Kier alpha value is -1.88. The molecule has 3 rings (SSSR count). The number of rotatable bonds is 2. The minimum Gasteiger partial charge on any atom is -0.398 e. The molecule has 1 aliphatic heterocycles. The molecule has 5 heteroatoms. The zero-order chi connectivity index (χ0) is 13.4. The number of anilines is 2. The molecule has 2 aromatic rings. The van der Waals surface area contributed by atoms with Gasteiger partial charge in [0.15, 0.2) is 5.65 Å². The third-order valence-electron chi connectivity index (χ3n) is 3.55. The summed E-state index contributed by atoms with van der Waals surface area (Å²) in [5.41, 5.74) is 9.71. The first-order valence-corrected chi connectivity index (χ1v) is 6.65. The van der Waals surface area contributed by atoms with Gasteiger partial charge in [-0.25, -0.2) is 9.97 Å². The van der Waals surface area contributed by atoms with Crippen molar-refractivity contribution in [2.45, 2.75) is 26.3 Å². The van der Waals surface area contributed by atoms with Gasteiger partial charge in [0.1, 0.15) is 5.82 Å². The van der Waals surface area contributed by atoms with Crippen molar-refractivity contribution in [2.75, 3.05) is 24.1 Å². The molecule has 3 heterocycles. The Morgan fingerprint density at radius 1 is 1.32 bits per heavy atom. The summed E-state index contributed by atoms with van der Waals surface area (Å²) < 4.78 is 0. The van der Waals surface area contributed by atoms with Crippen molar-refractivity contribution >= 4 is 22.5 Å². The second-order valence-electron chi connectivity index (χ2n) is 5.21. The fourth-order valence-corrected chi connectivity index (χ4v) is 2.68. The van der Waals surface area contributed by atoms with Crippen molar-refractivity contribution in [1.29, 1.82) is 0 Å². The quantitative estimate of drug-likeness (QED) is 0.762. The number of nitrogens with one attached hydrogen (secondary N) is 2. The van der Waals surface area contributed by atoms with Crippen molar-refractivity contribution in [3.63, 3.8) is 0 Å². The van der Waals surface area contributed by atoms with Gasteiger partial charge in [-0.3, -0.25) is 0 Å². The van der Waals surface area contributed by atoms with Crippen LogP contribution in [-0.2, 0) is 0 Å². The van der Waals surface area contributed by atoms with Crippen LogP contribution in [0.5, 0.6) is 0 Å². The van der Waals surface area contributed by atoms with Crippen LogP contribution >= 0.6 is 0 Å². The molecule has 0 spiro atoms. The van der Waals surface area contributed by atoms with Gasteiger partial charge >= 0.3 is 0 Å².